The SMILES string of the molecule is c1ccc2c(c1)CCC[C@H]2N1CCCNCC1.c1ccc2c(c1)CCC[C@H]2N1CCCNCC1. The molecule has 0 radical (unpaired) electrons. The summed E-state index contributed by atoms with van der Waals surface area (Å²) in [7, 11) is 0. The highest BCUT2D eigenvalue weighted by Gasteiger charge is 2.27. The third-order valence-corrected chi connectivity index (χ3v) is 8.31. The lowest BCUT2D eigenvalue weighted by Gasteiger charge is -2.35. The summed E-state index contributed by atoms with van der Waals surface area (Å²) in [4.78, 5) is 5.38. The topological polar surface area (TPSA) is 30.5 Å². The normalized spacial score (nSPS) is 26.2. The van der Waals surface area contributed by atoms with Crippen LogP contribution in [0.5, 0.6) is 0 Å². The predicted octanol–water partition coefficient (Wildman–Crippen LogP) is 4.72. The van der Waals surface area contributed by atoms with Crippen LogP contribution in [0, 0.1) is 0 Å². The zero-order valence-corrected chi connectivity index (χ0v) is 21.0. The van der Waals surface area contributed by atoms with Gasteiger partial charge in [0.1, 0.15) is 0 Å². The molecule has 2 saturated heterocycles. The second kappa shape index (κ2) is 12.3. The molecule has 0 amide bonds. The lowest BCUT2D eigenvalue weighted by atomic mass is 9.87. The zero-order chi connectivity index (χ0) is 23.0. The van der Waals surface area contributed by atoms with Gasteiger partial charge in [0.15, 0.2) is 0 Å². The fourth-order valence-electron chi connectivity index (χ4n) is 6.57. The van der Waals surface area contributed by atoms with Gasteiger partial charge in [-0.2, -0.15) is 0 Å². The van der Waals surface area contributed by atoms with Crippen LogP contribution in [0.25, 0.3) is 0 Å². The van der Waals surface area contributed by atoms with Crippen molar-refractivity contribution in [3.8, 4) is 0 Å². The van der Waals surface area contributed by atoms with Crippen molar-refractivity contribution in [2.75, 3.05) is 52.4 Å². The zero-order valence-electron chi connectivity index (χ0n) is 21.0. The molecule has 0 saturated carbocycles. The Labute approximate surface area is 207 Å². The number of hydrogen-bond donors (Lipinski definition) is 2. The Bertz CT molecular complexity index is 807. The molecule has 2 aromatic rings. The third-order valence-electron chi connectivity index (χ3n) is 8.31. The molecule has 34 heavy (non-hydrogen) atoms. The fourth-order valence-corrected chi connectivity index (χ4v) is 6.57. The van der Waals surface area contributed by atoms with E-state index in [1.54, 1.807) is 22.3 Å². The quantitative estimate of drug-likeness (QED) is 0.679. The Morgan fingerprint density at radius 3 is 1.50 bits per heavy atom. The first-order valence-corrected chi connectivity index (χ1v) is 14.0. The molecule has 0 aromatic heterocycles. The van der Waals surface area contributed by atoms with Crippen molar-refractivity contribution in [3.63, 3.8) is 0 Å². The van der Waals surface area contributed by atoms with Gasteiger partial charge in [-0.1, -0.05) is 48.5 Å². The van der Waals surface area contributed by atoms with Gasteiger partial charge in [-0.3, -0.25) is 9.80 Å². The van der Waals surface area contributed by atoms with Crippen LogP contribution >= 0.6 is 0 Å². The number of hydrogen-bond acceptors (Lipinski definition) is 4. The summed E-state index contributed by atoms with van der Waals surface area (Å²) in [6.45, 7) is 9.60. The smallest absolute Gasteiger partial charge is 0.0351 e. The van der Waals surface area contributed by atoms with Crippen LogP contribution in [0.3, 0.4) is 0 Å². The van der Waals surface area contributed by atoms with Crippen LogP contribution in [-0.4, -0.2) is 62.2 Å². The minimum Gasteiger partial charge on any atom is -0.315 e. The van der Waals surface area contributed by atoms with E-state index < -0.39 is 0 Å². The second-order valence-electron chi connectivity index (χ2n) is 10.5. The first kappa shape index (κ1) is 24.0. The van der Waals surface area contributed by atoms with E-state index in [0.717, 1.165) is 13.1 Å². The summed E-state index contributed by atoms with van der Waals surface area (Å²) in [5.41, 5.74) is 6.36. The largest absolute Gasteiger partial charge is 0.315 e. The number of nitrogens with one attached hydrogen (secondary N) is 2. The molecular weight excluding hydrogens is 416 g/mol. The van der Waals surface area contributed by atoms with Crippen LogP contribution in [0.4, 0.5) is 0 Å². The summed E-state index contributed by atoms with van der Waals surface area (Å²) in [5, 5.41) is 7.00. The van der Waals surface area contributed by atoms with Crippen LogP contribution in [-0.2, 0) is 12.8 Å². The first-order chi connectivity index (χ1) is 16.9. The Hall–Kier alpha value is -1.72. The first-order valence-electron chi connectivity index (χ1n) is 14.0. The van der Waals surface area contributed by atoms with Gasteiger partial charge in [-0.25, -0.2) is 0 Å². The van der Waals surface area contributed by atoms with E-state index in [2.05, 4.69) is 69.0 Å². The Morgan fingerprint density at radius 1 is 0.529 bits per heavy atom. The fraction of sp³-hybridized carbons (Fsp3) is 0.600. The molecule has 184 valence electrons. The molecule has 2 heterocycles. The van der Waals surface area contributed by atoms with Crippen molar-refractivity contribution >= 4 is 0 Å². The Balaban J connectivity index is 0.000000142. The standard InChI is InChI=1S/2C15H22N2/c2*1-2-7-14-13(5-1)6-3-8-15(14)17-11-4-9-16-10-12-17/h2*1-2,5,7,15-16H,3-4,6,8-12H2/t2*15-/m11/s1. The third kappa shape index (κ3) is 5.91. The van der Waals surface area contributed by atoms with E-state index in [1.165, 1.54) is 90.6 Å². The molecule has 2 atom stereocenters. The maximum absolute atomic E-state index is 3.50. The Morgan fingerprint density at radius 2 is 1.00 bits per heavy atom. The summed E-state index contributed by atoms with van der Waals surface area (Å²) in [5.74, 6) is 0. The molecule has 4 heteroatoms. The molecule has 2 aliphatic carbocycles. The summed E-state index contributed by atoms with van der Waals surface area (Å²) in [6.07, 6.45) is 10.5. The van der Waals surface area contributed by atoms with Gasteiger partial charge >= 0.3 is 0 Å². The van der Waals surface area contributed by atoms with E-state index >= 15 is 0 Å². The van der Waals surface area contributed by atoms with E-state index in [-0.39, 0.29) is 0 Å². The molecule has 2 aliphatic heterocycles. The van der Waals surface area contributed by atoms with Gasteiger partial charge in [-0.15, -0.1) is 0 Å². The molecule has 6 rings (SSSR count). The maximum atomic E-state index is 3.50. The lowest BCUT2D eigenvalue weighted by Crippen LogP contribution is -2.34. The monoisotopic (exact) mass is 460 g/mol. The van der Waals surface area contributed by atoms with Crippen molar-refractivity contribution in [2.45, 2.75) is 63.5 Å². The van der Waals surface area contributed by atoms with Gasteiger partial charge in [0.05, 0.1) is 0 Å². The highest BCUT2D eigenvalue weighted by molar-refractivity contribution is 5.33. The van der Waals surface area contributed by atoms with Crippen LogP contribution in [0.15, 0.2) is 48.5 Å². The van der Waals surface area contributed by atoms with Gasteiger partial charge < -0.3 is 10.6 Å². The number of nitrogens with zero attached hydrogens (tertiary/aromatic N) is 2. The predicted molar refractivity (Wildman–Crippen MR) is 142 cm³/mol. The van der Waals surface area contributed by atoms with Gasteiger partial charge in [0.2, 0.25) is 0 Å². The van der Waals surface area contributed by atoms with Crippen LogP contribution < -0.4 is 10.6 Å². The van der Waals surface area contributed by atoms with Crippen molar-refractivity contribution in [1.82, 2.24) is 20.4 Å². The summed E-state index contributed by atoms with van der Waals surface area (Å²) >= 11 is 0. The molecule has 0 bridgehead atoms. The van der Waals surface area contributed by atoms with Crippen molar-refractivity contribution in [2.24, 2.45) is 0 Å². The van der Waals surface area contributed by atoms with Crippen molar-refractivity contribution in [3.05, 3.63) is 70.8 Å². The maximum Gasteiger partial charge on any atom is 0.0351 e. The molecule has 2 N–H and O–H groups in total. The minimum atomic E-state index is 0.680. The average molecular weight is 461 g/mol. The number of rotatable bonds is 2. The molecule has 2 aromatic carbocycles. The van der Waals surface area contributed by atoms with Crippen molar-refractivity contribution in [1.29, 1.82) is 0 Å². The lowest BCUT2D eigenvalue weighted by molar-refractivity contribution is 0.190. The van der Waals surface area contributed by atoms with Crippen LogP contribution in [0.2, 0.25) is 0 Å². The molecule has 0 unspecified atom stereocenters. The Kier molecular flexibility index (Phi) is 8.68. The highest BCUT2D eigenvalue weighted by Crippen LogP contribution is 2.35. The van der Waals surface area contributed by atoms with E-state index in [9.17, 15) is 0 Å². The van der Waals surface area contributed by atoms with E-state index in [1.807, 2.05) is 0 Å². The molecule has 2 fully saturated rings. The summed E-state index contributed by atoms with van der Waals surface area (Å²) in [6, 6.07) is 19.5. The molecular formula is C30H44N4. The average Bonchev–Trinajstić information content (AvgIpc) is 3.34. The van der Waals surface area contributed by atoms with Gasteiger partial charge in [0.25, 0.3) is 0 Å². The van der Waals surface area contributed by atoms with Gasteiger partial charge in [0, 0.05) is 51.4 Å². The van der Waals surface area contributed by atoms with Crippen LogP contribution in [0.1, 0.15) is 72.9 Å². The molecule has 4 nitrogen and oxygen atoms in total. The van der Waals surface area contributed by atoms with E-state index in [0.29, 0.717) is 12.1 Å². The second-order valence-corrected chi connectivity index (χ2v) is 10.5. The van der Waals surface area contributed by atoms with E-state index in [4.69, 9.17) is 0 Å². The summed E-state index contributed by atoms with van der Waals surface area (Å²) < 4.78 is 0. The molecule has 4 aliphatic rings. The highest BCUT2D eigenvalue weighted by atomic mass is 15.2. The number of benzene rings is 2. The molecule has 0 spiro atoms. The van der Waals surface area contributed by atoms with Gasteiger partial charge in [-0.05, 0) is 86.7 Å². The minimum absolute atomic E-state index is 0.680. The van der Waals surface area contributed by atoms with Crippen molar-refractivity contribution < 1.29 is 0 Å². The number of fused-ring (bicyclic) bond motifs is 2. The number of aryl methyl sites for hydroxylation is 2.